The second-order valence-corrected chi connectivity index (χ2v) is 6.18. The summed E-state index contributed by atoms with van der Waals surface area (Å²) in [6.07, 6.45) is 0.817. The van der Waals surface area contributed by atoms with E-state index in [4.69, 9.17) is 5.11 Å². The number of aliphatic hydroxyl groups is 1. The fourth-order valence-corrected chi connectivity index (χ4v) is 2.49. The van der Waals surface area contributed by atoms with Gasteiger partial charge in [0.2, 0.25) is 5.91 Å². The van der Waals surface area contributed by atoms with Gasteiger partial charge in [-0.05, 0) is 42.3 Å². The monoisotopic (exact) mass is 390 g/mol. The number of anilines is 1. The van der Waals surface area contributed by atoms with Crippen LogP contribution in [0.4, 0.5) is 5.69 Å². The Kier molecular flexibility index (Phi) is 6.96. The van der Waals surface area contributed by atoms with Gasteiger partial charge in [-0.3, -0.25) is 9.59 Å². The van der Waals surface area contributed by atoms with E-state index in [9.17, 15) is 9.59 Å². The highest BCUT2D eigenvalue weighted by Crippen LogP contribution is 2.15. The fourth-order valence-electron chi connectivity index (χ4n) is 2.09. The van der Waals surface area contributed by atoms with Crippen LogP contribution in [-0.2, 0) is 11.2 Å². The topological polar surface area (TPSA) is 78.4 Å². The summed E-state index contributed by atoms with van der Waals surface area (Å²) in [6.45, 7) is 0.531. The summed E-state index contributed by atoms with van der Waals surface area (Å²) >= 11 is 3.34. The summed E-state index contributed by atoms with van der Waals surface area (Å²) in [4.78, 5) is 23.9. The molecule has 0 bridgehead atoms. The SMILES string of the molecule is O=C(Cc1ccc(NC(=O)c2cccc(Br)c2)cc1)NCCCO. The van der Waals surface area contributed by atoms with E-state index in [0.717, 1.165) is 10.0 Å². The first-order valence-corrected chi connectivity index (χ1v) is 8.41. The Hall–Kier alpha value is -2.18. The highest BCUT2D eigenvalue weighted by atomic mass is 79.9. The van der Waals surface area contributed by atoms with Crippen LogP contribution in [0.3, 0.4) is 0 Å². The smallest absolute Gasteiger partial charge is 0.255 e. The van der Waals surface area contributed by atoms with Gasteiger partial charge in [0.15, 0.2) is 0 Å². The van der Waals surface area contributed by atoms with Crippen LogP contribution >= 0.6 is 15.9 Å². The van der Waals surface area contributed by atoms with E-state index in [2.05, 4.69) is 26.6 Å². The van der Waals surface area contributed by atoms with Gasteiger partial charge < -0.3 is 15.7 Å². The standard InChI is InChI=1S/C18H19BrN2O3/c19-15-4-1-3-14(12-15)18(24)21-16-7-5-13(6-8-16)11-17(23)20-9-2-10-22/h1,3-8,12,22H,2,9-11H2,(H,20,23)(H,21,24). The minimum Gasteiger partial charge on any atom is -0.396 e. The molecule has 0 aliphatic carbocycles. The predicted molar refractivity (Wildman–Crippen MR) is 97.0 cm³/mol. The number of carbonyl (C=O) groups is 2. The first kappa shape index (κ1) is 18.2. The number of benzene rings is 2. The van der Waals surface area contributed by atoms with Gasteiger partial charge in [0.05, 0.1) is 6.42 Å². The summed E-state index contributed by atoms with van der Waals surface area (Å²) in [5.74, 6) is -0.278. The lowest BCUT2D eigenvalue weighted by Gasteiger charge is -2.07. The van der Waals surface area contributed by atoms with Gasteiger partial charge in [-0.2, -0.15) is 0 Å². The van der Waals surface area contributed by atoms with Crippen LogP contribution in [-0.4, -0.2) is 30.1 Å². The summed E-state index contributed by atoms with van der Waals surface area (Å²) in [7, 11) is 0. The van der Waals surface area contributed by atoms with Crippen molar-refractivity contribution in [3.05, 3.63) is 64.1 Å². The maximum atomic E-state index is 12.2. The molecule has 0 saturated heterocycles. The number of hydrogen-bond acceptors (Lipinski definition) is 3. The van der Waals surface area contributed by atoms with Crippen LogP contribution < -0.4 is 10.6 Å². The molecular formula is C18H19BrN2O3. The molecule has 24 heavy (non-hydrogen) atoms. The molecule has 0 radical (unpaired) electrons. The lowest BCUT2D eigenvalue weighted by Crippen LogP contribution is -2.26. The Morgan fingerprint density at radius 3 is 2.50 bits per heavy atom. The first-order valence-electron chi connectivity index (χ1n) is 7.62. The Morgan fingerprint density at radius 2 is 1.83 bits per heavy atom. The summed E-state index contributed by atoms with van der Waals surface area (Å²) < 4.78 is 0.845. The molecule has 3 N–H and O–H groups in total. The number of carbonyl (C=O) groups excluding carboxylic acids is 2. The lowest BCUT2D eigenvalue weighted by atomic mass is 10.1. The van der Waals surface area contributed by atoms with E-state index >= 15 is 0 Å². The number of halogens is 1. The zero-order valence-electron chi connectivity index (χ0n) is 13.1. The largest absolute Gasteiger partial charge is 0.396 e. The Morgan fingerprint density at radius 1 is 1.08 bits per heavy atom. The number of rotatable bonds is 7. The van der Waals surface area contributed by atoms with Crippen molar-refractivity contribution in [2.75, 3.05) is 18.5 Å². The third kappa shape index (κ3) is 5.79. The molecule has 0 atom stereocenters. The zero-order valence-corrected chi connectivity index (χ0v) is 14.7. The average Bonchev–Trinajstić information content (AvgIpc) is 2.57. The quantitative estimate of drug-likeness (QED) is 0.636. The van der Waals surface area contributed by atoms with E-state index in [1.807, 2.05) is 18.2 Å². The van der Waals surface area contributed by atoms with Crippen molar-refractivity contribution >= 4 is 33.4 Å². The Labute approximate surface area is 149 Å². The molecule has 0 spiro atoms. The molecule has 6 heteroatoms. The van der Waals surface area contributed by atoms with Gasteiger partial charge in [0.25, 0.3) is 5.91 Å². The van der Waals surface area contributed by atoms with E-state index in [1.54, 1.807) is 30.3 Å². The third-order valence-corrected chi connectivity index (χ3v) is 3.81. The molecule has 0 saturated carbocycles. The second-order valence-electron chi connectivity index (χ2n) is 5.27. The van der Waals surface area contributed by atoms with Crippen LogP contribution in [0.2, 0.25) is 0 Å². The zero-order chi connectivity index (χ0) is 17.4. The molecule has 2 rings (SSSR count). The molecule has 0 unspecified atom stereocenters. The van der Waals surface area contributed by atoms with E-state index in [-0.39, 0.29) is 24.8 Å². The highest BCUT2D eigenvalue weighted by molar-refractivity contribution is 9.10. The lowest BCUT2D eigenvalue weighted by molar-refractivity contribution is -0.120. The van der Waals surface area contributed by atoms with Gasteiger partial charge in [-0.1, -0.05) is 34.1 Å². The second kappa shape index (κ2) is 9.20. The number of hydrogen-bond donors (Lipinski definition) is 3. The fraction of sp³-hybridized carbons (Fsp3) is 0.222. The van der Waals surface area contributed by atoms with Gasteiger partial charge in [0, 0.05) is 28.9 Å². The van der Waals surface area contributed by atoms with Crippen molar-refractivity contribution in [3.8, 4) is 0 Å². The third-order valence-electron chi connectivity index (χ3n) is 3.32. The number of aliphatic hydroxyl groups excluding tert-OH is 1. The molecule has 2 amide bonds. The van der Waals surface area contributed by atoms with Crippen molar-refractivity contribution in [3.63, 3.8) is 0 Å². The molecule has 0 fully saturated rings. The molecular weight excluding hydrogens is 372 g/mol. The Balaban J connectivity index is 1.90. The highest BCUT2D eigenvalue weighted by Gasteiger charge is 2.07. The summed E-state index contributed by atoms with van der Waals surface area (Å²) in [6, 6.07) is 14.3. The number of nitrogens with one attached hydrogen (secondary N) is 2. The maximum absolute atomic E-state index is 12.2. The molecule has 0 aliphatic rings. The molecule has 0 aromatic heterocycles. The van der Waals surface area contributed by atoms with Crippen molar-refractivity contribution in [2.24, 2.45) is 0 Å². The van der Waals surface area contributed by atoms with E-state index in [1.165, 1.54) is 0 Å². The predicted octanol–water partition coefficient (Wildman–Crippen LogP) is 2.74. The molecule has 0 heterocycles. The van der Waals surface area contributed by atoms with E-state index < -0.39 is 0 Å². The van der Waals surface area contributed by atoms with Crippen LogP contribution in [0, 0.1) is 0 Å². The van der Waals surface area contributed by atoms with Crippen LogP contribution in [0.15, 0.2) is 53.0 Å². The van der Waals surface area contributed by atoms with E-state index in [0.29, 0.717) is 24.2 Å². The van der Waals surface area contributed by atoms with Crippen molar-refractivity contribution in [1.29, 1.82) is 0 Å². The normalized spacial score (nSPS) is 10.2. The van der Waals surface area contributed by atoms with Crippen LogP contribution in [0.5, 0.6) is 0 Å². The van der Waals surface area contributed by atoms with Gasteiger partial charge in [0.1, 0.15) is 0 Å². The minimum absolute atomic E-state index is 0.0622. The molecule has 0 aliphatic heterocycles. The molecule has 126 valence electrons. The summed E-state index contributed by atoms with van der Waals surface area (Å²) in [5.41, 5.74) is 2.10. The van der Waals surface area contributed by atoms with Gasteiger partial charge >= 0.3 is 0 Å². The van der Waals surface area contributed by atoms with Gasteiger partial charge in [-0.15, -0.1) is 0 Å². The maximum Gasteiger partial charge on any atom is 0.255 e. The first-order chi connectivity index (χ1) is 11.6. The Bertz CT molecular complexity index is 702. The molecule has 2 aromatic carbocycles. The van der Waals surface area contributed by atoms with Crippen LogP contribution in [0.1, 0.15) is 22.3 Å². The summed E-state index contributed by atoms with van der Waals surface area (Å²) in [5, 5.41) is 14.2. The molecule has 5 nitrogen and oxygen atoms in total. The van der Waals surface area contributed by atoms with Crippen molar-refractivity contribution in [2.45, 2.75) is 12.8 Å². The molecule has 2 aromatic rings. The number of amides is 2. The van der Waals surface area contributed by atoms with Crippen molar-refractivity contribution in [1.82, 2.24) is 5.32 Å². The van der Waals surface area contributed by atoms with Crippen LogP contribution in [0.25, 0.3) is 0 Å². The van der Waals surface area contributed by atoms with Crippen molar-refractivity contribution < 1.29 is 14.7 Å². The van der Waals surface area contributed by atoms with Gasteiger partial charge in [-0.25, -0.2) is 0 Å². The average molecular weight is 391 g/mol. The minimum atomic E-state index is -0.189.